The molecule has 0 aliphatic heterocycles. The Bertz CT molecular complexity index is 409. The van der Waals surface area contributed by atoms with Crippen LogP contribution in [0.5, 0.6) is 5.75 Å². The van der Waals surface area contributed by atoms with Crippen LogP contribution in [-0.2, 0) is 9.53 Å². The number of carbonyl (C=O) groups is 1. The smallest absolute Gasteiger partial charge is 0.320 e. The Balaban J connectivity index is 2.26. The second kappa shape index (κ2) is 7.74. The average Bonchev–Trinajstić information content (AvgIpc) is 2.30. The SMILES string of the molecule is CC(C)OC(=O)CN(C)CCOc1ccccc1F. The lowest BCUT2D eigenvalue weighted by molar-refractivity contribution is -0.148. The van der Waals surface area contributed by atoms with Crippen molar-refractivity contribution in [3.05, 3.63) is 30.1 Å². The van der Waals surface area contributed by atoms with Crippen molar-refractivity contribution in [3.8, 4) is 5.75 Å². The van der Waals surface area contributed by atoms with Crippen molar-refractivity contribution in [1.82, 2.24) is 4.90 Å². The number of halogens is 1. The second-order valence-corrected chi connectivity index (χ2v) is 4.56. The van der Waals surface area contributed by atoms with E-state index < -0.39 is 0 Å². The Morgan fingerprint density at radius 1 is 1.37 bits per heavy atom. The lowest BCUT2D eigenvalue weighted by Crippen LogP contribution is -2.32. The zero-order valence-corrected chi connectivity index (χ0v) is 11.6. The maximum Gasteiger partial charge on any atom is 0.320 e. The first-order valence-corrected chi connectivity index (χ1v) is 6.24. The zero-order valence-electron chi connectivity index (χ0n) is 11.6. The minimum atomic E-state index is -0.385. The normalized spacial score (nSPS) is 10.8. The summed E-state index contributed by atoms with van der Waals surface area (Å²) < 4.78 is 23.6. The fraction of sp³-hybridized carbons (Fsp3) is 0.500. The van der Waals surface area contributed by atoms with Gasteiger partial charge in [-0.1, -0.05) is 12.1 Å². The number of carbonyl (C=O) groups excluding carboxylic acids is 1. The van der Waals surface area contributed by atoms with Gasteiger partial charge < -0.3 is 9.47 Å². The molecule has 0 saturated carbocycles. The molecule has 0 aliphatic rings. The van der Waals surface area contributed by atoms with E-state index in [0.717, 1.165) is 0 Å². The first-order valence-electron chi connectivity index (χ1n) is 6.24. The molecule has 0 saturated heterocycles. The van der Waals surface area contributed by atoms with E-state index in [4.69, 9.17) is 9.47 Å². The quantitative estimate of drug-likeness (QED) is 0.710. The van der Waals surface area contributed by atoms with Crippen LogP contribution in [0.3, 0.4) is 0 Å². The largest absolute Gasteiger partial charge is 0.489 e. The summed E-state index contributed by atoms with van der Waals surface area (Å²) in [6.45, 7) is 4.63. The van der Waals surface area contributed by atoms with E-state index in [2.05, 4.69) is 0 Å². The molecule has 0 atom stereocenters. The first kappa shape index (κ1) is 15.4. The third-order valence-electron chi connectivity index (χ3n) is 2.33. The molecule has 0 N–H and O–H groups in total. The van der Waals surface area contributed by atoms with Crippen LogP contribution in [0.2, 0.25) is 0 Å². The number of nitrogens with zero attached hydrogens (tertiary/aromatic N) is 1. The van der Waals surface area contributed by atoms with Gasteiger partial charge in [-0.15, -0.1) is 0 Å². The van der Waals surface area contributed by atoms with Gasteiger partial charge in [0.25, 0.3) is 0 Å². The predicted octanol–water partition coefficient (Wildman–Crippen LogP) is 2.09. The van der Waals surface area contributed by atoms with Gasteiger partial charge in [0.1, 0.15) is 6.61 Å². The van der Waals surface area contributed by atoms with E-state index in [1.807, 2.05) is 0 Å². The Labute approximate surface area is 113 Å². The fourth-order valence-electron chi connectivity index (χ4n) is 1.47. The zero-order chi connectivity index (χ0) is 14.3. The number of ether oxygens (including phenoxy) is 2. The van der Waals surface area contributed by atoms with Crippen molar-refractivity contribution < 1.29 is 18.7 Å². The Kier molecular flexibility index (Phi) is 6.29. The molecule has 19 heavy (non-hydrogen) atoms. The number of esters is 1. The number of hydrogen-bond acceptors (Lipinski definition) is 4. The lowest BCUT2D eigenvalue weighted by atomic mass is 10.3. The van der Waals surface area contributed by atoms with Crippen molar-refractivity contribution in [2.24, 2.45) is 0 Å². The summed E-state index contributed by atoms with van der Waals surface area (Å²) in [4.78, 5) is 13.2. The highest BCUT2D eigenvalue weighted by atomic mass is 19.1. The molecule has 0 aliphatic carbocycles. The van der Waals surface area contributed by atoms with Gasteiger partial charge in [-0.2, -0.15) is 0 Å². The molecule has 0 radical (unpaired) electrons. The van der Waals surface area contributed by atoms with Gasteiger partial charge >= 0.3 is 5.97 Å². The number of rotatable bonds is 7. The molecule has 106 valence electrons. The summed E-state index contributed by atoms with van der Waals surface area (Å²) in [5.74, 6) is -0.437. The van der Waals surface area contributed by atoms with E-state index in [0.29, 0.717) is 13.2 Å². The van der Waals surface area contributed by atoms with Crippen molar-refractivity contribution in [2.45, 2.75) is 20.0 Å². The molecule has 0 heterocycles. The number of benzene rings is 1. The van der Waals surface area contributed by atoms with Crippen LogP contribution in [0, 0.1) is 5.82 Å². The van der Waals surface area contributed by atoms with Crippen LogP contribution in [0.15, 0.2) is 24.3 Å². The molecule has 0 amide bonds. The van der Waals surface area contributed by atoms with Gasteiger partial charge in [0.15, 0.2) is 11.6 Å². The third kappa shape index (κ3) is 6.20. The third-order valence-corrected chi connectivity index (χ3v) is 2.33. The molecule has 1 aromatic carbocycles. The second-order valence-electron chi connectivity index (χ2n) is 4.56. The summed E-state index contributed by atoms with van der Waals surface area (Å²) in [5, 5.41) is 0. The number of likely N-dealkylation sites (N-methyl/N-ethyl adjacent to an activating group) is 1. The van der Waals surface area contributed by atoms with Crippen LogP contribution < -0.4 is 4.74 Å². The fourth-order valence-corrected chi connectivity index (χ4v) is 1.47. The van der Waals surface area contributed by atoms with Crippen LogP contribution >= 0.6 is 0 Å². The van der Waals surface area contributed by atoms with E-state index in [-0.39, 0.29) is 30.2 Å². The maximum absolute atomic E-state index is 13.3. The molecule has 1 aromatic rings. The number of hydrogen-bond donors (Lipinski definition) is 0. The highest BCUT2D eigenvalue weighted by Gasteiger charge is 2.09. The highest BCUT2D eigenvalue weighted by Crippen LogP contribution is 2.14. The molecule has 4 nitrogen and oxygen atoms in total. The van der Waals surface area contributed by atoms with E-state index in [1.54, 1.807) is 44.0 Å². The number of para-hydroxylation sites is 1. The van der Waals surface area contributed by atoms with E-state index in [1.165, 1.54) is 6.07 Å². The molecule has 0 bridgehead atoms. The van der Waals surface area contributed by atoms with Crippen LogP contribution in [0.4, 0.5) is 4.39 Å². The van der Waals surface area contributed by atoms with Gasteiger partial charge in [0, 0.05) is 6.54 Å². The molecule has 0 fully saturated rings. The molecule has 0 unspecified atom stereocenters. The van der Waals surface area contributed by atoms with Crippen molar-refractivity contribution in [3.63, 3.8) is 0 Å². The predicted molar refractivity (Wildman–Crippen MR) is 70.6 cm³/mol. The Hall–Kier alpha value is -1.62. The van der Waals surface area contributed by atoms with Crippen LogP contribution in [-0.4, -0.2) is 43.7 Å². The summed E-state index contributed by atoms with van der Waals surface area (Å²) in [6, 6.07) is 6.24. The van der Waals surface area contributed by atoms with E-state index >= 15 is 0 Å². The summed E-state index contributed by atoms with van der Waals surface area (Å²) >= 11 is 0. The molecular weight excluding hydrogens is 249 g/mol. The monoisotopic (exact) mass is 269 g/mol. The molecule has 1 rings (SSSR count). The molecule has 5 heteroatoms. The minimum Gasteiger partial charge on any atom is -0.489 e. The van der Waals surface area contributed by atoms with Crippen molar-refractivity contribution in [1.29, 1.82) is 0 Å². The molecule has 0 spiro atoms. The standard InChI is InChI=1S/C14H20FNO3/c1-11(2)19-14(17)10-16(3)8-9-18-13-7-5-4-6-12(13)15/h4-7,11H,8-10H2,1-3H3. The summed E-state index contributed by atoms with van der Waals surface area (Å²) in [6.07, 6.45) is -0.115. The Morgan fingerprint density at radius 2 is 2.05 bits per heavy atom. The lowest BCUT2D eigenvalue weighted by Gasteiger charge is -2.17. The summed E-state index contributed by atoms with van der Waals surface area (Å²) in [5.41, 5.74) is 0. The molecule has 0 aromatic heterocycles. The van der Waals surface area contributed by atoms with Gasteiger partial charge in [-0.05, 0) is 33.0 Å². The molecular formula is C14H20FNO3. The highest BCUT2D eigenvalue weighted by molar-refractivity contribution is 5.71. The van der Waals surface area contributed by atoms with Crippen molar-refractivity contribution in [2.75, 3.05) is 26.7 Å². The summed E-state index contributed by atoms with van der Waals surface area (Å²) in [7, 11) is 1.78. The minimum absolute atomic E-state index is 0.115. The topological polar surface area (TPSA) is 38.8 Å². The van der Waals surface area contributed by atoms with Crippen LogP contribution in [0.25, 0.3) is 0 Å². The van der Waals surface area contributed by atoms with Crippen LogP contribution in [0.1, 0.15) is 13.8 Å². The average molecular weight is 269 g/mol. The van der Waals surface area contributed by atoms with Gasteiger partial charge in [0.05, 0.1) is 12.6 Å². The first-order chi connectivity index (χ1) is 8.99. The van der Waals surface area contributed by atoms with Crippen molar-refractivity contribution >= 4 is 5.97 Å². The Morgan fingerprint density at radius 3 is 2.68 bits per heavy atom. The van der Waals surface area contributed by atoms with Gasteiger partial charge in [-0.25, -0.2) is 4.39 Å². The van der Waals surface area contributed by atoms with E-state index in [9.17, 15) is 9.18 Å². The van der Waals surface area contributed by atoms with Gasteiger partial charge in [0.2, 0.25) is 0 Å². The van der Waals surface area contributed by atoms with Gasteiger partial charge in [-0.3, -0.25) is 9.69 Å². The maximum atomic E-state index is 13.3.